The largest absolute Gasteiger partial charge is 0.478 e. The van der Waals surface area contributed by atoms with Crippen molar-refractivity contribution in [2.45, 2.75) is 65.2 Å². The van der Waals surface area contributed by atoms with Gasteiger partial charge in [-0.15, -0.1) is 0 Å². The van der Waals surface area contributed by atoms with E-state index in [2.05, 4.69) is 65.0 Å². The minimum Gasteiger partial charge on any atom is -0.478 e. The molecule has 1 N–H and O–H groups in total. The molecule has 0 bridgehead atoms. The van der Waals surface area contributed by atoms with Gasteiger partial charge in [0.2, 0.25) is 0 Å². The Hall–Kier alpha value is -2.61. The van der Waals surface area contributed by atoms with Gasteiger partial charge in [0.1, 0.15) is 0 Å². The summed E-state index contributed by atoms with van der Waals surface area (Å²) in [6, 6.07) is 13.2. The van der Waals surface area contributed by atoms with Crippen LogP contribution in [0.25, 0.3) is 17.2 Å². The van der Waals surface area contributed by atoms with Crippen molar-refractivity contribution in [1.82, 2.24) is 0 Å². The van der Waals surface area contributed by atoms with Crippen molar-refractivity contribution < 1.29 is 9.90 Å². The maximum atomic E-state index is 10.9. The highest BCUT2D eigenvalue weighted by Crippen LogP contribution is 2.47. The molecule has 0 heterocycles. The smallest absolute Gasteiger partial charge is 0.331 e. The summed E-state index contributed by atoms with van der Waals surface area (Å²) < 4.78 is 0. The molecular formula is C27H32O2. The first-order valence-electron chi connectivity index (χ1n) is 10.4. The highest BCUT2D eigenvalue weighted by molar-refractivity contribution is 5.86. The summed E-state index contributed by atoms with van der Waals surface area (Å²) in [6.07, 6.45) is 7.80. The van der Waals surface area contributed by atoms with Gasteiger partial charge in [0.25, 0.3) is 0 Å². The average molecular weight is 389 g/mol. The molecule has 1 aliphatic rings. The Kier molecular flexibility index (Phi) is 5.58. The van der Waals surface area contributed by atoms with E-state index in [0.29, 0.717) is 5.57 Å². The summed E-state index contributed by atoms with van der Waals surface area (Å²) in [4.78, 5) is 10.9. The van der Waals surface area contributed by atoms with Crippen LogP contribution in [0.4, 0.5) is 0 Å². The number of fused-ring (bicyclic) bond motifs is 1. The van der Waals surface area contributed by atoms with E-state index in [1.54, 1.807) is 19.1 Å². The quantitative estimate of drug-likeness (QED) is 0.450. The van der Waals surface area contributed by atoms with Crippen LogP contribution in [0.5, 0.6) is 0 Å². The number of allylic oxidation sites excluding steroid dienone is 2. The zero-order valence-corrected chi connectivity index (χ0v) is 18.5. The fourth-order valence-electron chi connectivity index (χ4n) is 4.22. The molecule has 2 nitrogen and oxygen atoms in total. The van der Waals surface area contributed by atoms with E-state index in [1.807, 2.05) is 12.1 Å². The Morgan fingerprint density at radius 3 is 2.24 bits per heavy atom. The van der Waals surface area contributed by atoms with Gasteiger partial charge in [-0.25, -0.2) is 4.79 Å². The van der Waals surface area contributed by atoms with Crippen molar-refractivity contribution in [2.24, 2.45) is 0 Å². The first kappa shape index (κ1) is 21.1. The molecule has 0 radical (unpaired) electrons. The van der Waals surface area contributed by atoms with Gasteiger partial charge in [0, 0.05) is 5.57 Å². The molecule has 0 saturated carbocycles. The fraction of sp³-hybridized carbons (Fsp3) is 0.370. The van der Waals surface area contributed by atoms with Gasteiger partial charge < -0.3 is 5.11 Å². The first-order valence-corrected chi connectivity index (χ1v) is 10.4. The lowest BCUT2D eigenvalue weighted by atomic mass is 9.62. The molecule has 0 atom stereocenters. The van der Waals surface area contributed by atoms with Gasteiger partial charge in [-0.3, -0.25) is 0 Å². The van der Waals surface area contributed by atoms with Crippen molar-refractivity contribution in [3.05, 3.63) is 76.4 Å². The molecule has 152 valence electrons. The zero-order chi connectivity index (χ0) is 21.4. The third kappa shape index (κ3) is 4.37. The fourth-order valence-corrected chi connectivity index (χ4v) is 4.22. The highest BCUT2D eigenvalue weighted by Gasteiger charge is 2.37. The van der Waals surface area contributed by atoms with Crippen LogP contribution in [-0.2, 0) is 15.6 Å². The molecule has 0 fully saturated rings. The summed E-state index contributed by atoms with van der Waals surface area (Å²) in [5, 5.41) is 8.98. The van der Waals surface area contributed by atoms with Crippen LogP contribution in [0.3, 0.4) is 0 Å². The molecule has 0 saturated heterocycles. The van der Waals surface area contributed by atoms with Gasteiger partial charge in [0.15, 0.2) is 0 Å². The maximum absolute atomic E-state index is 10.9. The number of aliphatic carboxylic acids is 1. The normalized spacial score (nSPS) is 17.9. The van der Waals surface area contributed by atoms with Crippen molar-refractivity contribution in [1.29, 1.82) is 0 Å². The number of carbonyl (C=O) groups is 1. The molecule has 2 aromatic rings. The summed E-state index contributed by atoms with van der Waals surface area (Å²) in [5.74, 6) is -0.890. The number of hydrogen-bond acceptors (Lipinski definition) is 1. The molecule has 0 aromatic heterocycles. The average Bonchev–Trinajstić information content (AvgIpc) is 2.65. The standard InChI is InChI=1S/C27H32O2/c1-18(25(28)29)9-7-10-20-11-8-12-21(16-20)22-17-24-23(15-19(22)2)26(3,4)13-14-27(24,5)6/h7-12,15-17H,13-14H2,1-6H3,(H,28,29). The van der Waals surface area contributed by atoms with Gasteiger partial charge in [-0.05, 0) is 77.0 Å². The minimum atomic E-state index is -0.890. The predicted molar refractivity (Wildman–Crippen MR) is 122 cm³/mol. The number of benzene rings is 2. The summed E-state index contributed by atoms with van der Waals surface area (Å²) in [5.41, 5.74) is 8.53. The molecule has 0 amide bonds. The Morgan fingerprint density at radius 2 is 1.62 bits per heavy atom. The second-order valence-electron chi connectivity index (χ2n) is 9.62. The Labute approximate surface area is 175 Å². The second-order valence-corrected chi connectivity index (χ2v) is 9.62. The van der Waals surface area contributed by atoms with Crippen molar-refractivity contribution in [3.8, 4) is 11.1 Å². The molecule has 2 heteroatoms. The van der Waals surface area contributed by atoms with Gasteiger partial charge in [0.05, 0.1) is 0 Å². The molecule has 0 spiro atoms. The van der Waals surface area contributed by atoms with E-state index in [0.717, 1.165) is 5.56 Å². The third-order valence-corrected chi connectivity index (χ3v) is 6.37. The highest BCUT2D eigenvalue weighted by atomic mass is 16.4. The van der Waals surface area contributed by atoms with Gasteiger partial charge in [-0.2, -0.15) is 0 Å². The third-order valence-electron chi connectivity index (χ3n) is 6.37. The van der Waals surface area contributed by atoms with Gasteiger partial charge >= 0.3 is 5.97 Å². The van der Waals surface area contributed by atoms with E-state index in [-0.39, 0.29) is 10.8 Å². The summed E-state index contributed by atoms with van der Waals surface area (Å²) >= 11 is 0. The van der Waals surface area contributed by atoms with E-state index >= 15 is 0 Å². The van der Waals surface area contributed by atoms with Crippen LogP contribution in [0.1, 0.15) is 69.7 Å². The van der Waals surface area contributed by atoms with Crippen LogP contribution in [0, 0.1) is 6.92 Å². The summed E-state index contributed by atoms with van der Waals surface area (Å²) in [6.45, 7) is 13.2. The molecule has 0 unspecified atom stereocenters. The SMILES string of the molecule is CC(=CC=Cc1cccc(-c2cc3c(cc2C)C(C)(C)CCC3(C)C)c1)C(=O)O. The molecule has 1 aliphatic carbocycles. The Bertz CT molecular complexity index is 1000. The lowest BCUT2D eigenvalue weighted by molar-refractivity contribution is -0.132. The van der Waals surface area contributed by atoms with Crippen LogP contribution in [-0.4, -0.2) is 11.1 Å². The van der Waals surface area contributed by atoms with E-state index in [1.165, 1.54) is 40.7 Å². The molecule has 0 aliphatic heterocycles. The minimum absolute atomic E-state index is 0.184. The Morgan fingerprint density at radius 1 is 1.00 bits per heavy atom. The van der Waals surface area contributed by atoms with Crippen LogP contribution in [0.15, 0.2) is 54.1 Å². The van der Waals surface area contributed by atoms with Crippen molar-refractivity contribution >= 4 is 12.0 Å². The maximum Gasteiger partial charge on any atom is 0.331 e. The molecular weight excluding hydrogens is 356 g/mol. The lowest BCUT2D eigenvalue weighted by Gasteiger charge is -2.42. The molecule has 29 heavy (non-hydrogen) atoms. The molecule has 3 rings (SSSR count). The van der Waals surface area contributed by atoms with Crippen molar-refractivity contribution in [2.75, 3.05) is 0 Å². The van der Waals surface area contributed by atoms with Crippen LogP contribution < -0.4 is 0 Å². The predicted octanol–water partition coefficient (Wildman–Crippen LogP) is 7.06. The first-order chi connectivity index (χ1) is 13.5. The molecule has 2 aromatic carbocycles. The van der Waals surface area contributed by atoms with E-state index < -0.39 is 5.97 Å². The zero-order valence-electron chi connectivity index (χ0n) is 18.5. The number of carboxylic acids is 1. The topological polar surface area (TPSA) is 37.3 Å². The number of carboxylic acid groups (broad SMARTS) is 1. The van der Waals surface area contributed by atoms with E-state index in [4.69, 9.17) is 5.11 Å². The van der Waals surface area contributed by atoms with Crippen LogP contribution in [0.2, 0.25) is 0 Å². The monoisotopic (exact) mass is 388 g/mol. The number of aryl methyl sites for hydroxylation is 1. The van der Waals surface area contributed by atoms with Crippen molar-refractivity contribution in [3.63, 3.8) is 0 Å². The second kappa shape index (κ2) is 7.67. The summed E-state index contributed by atoms with van der Waals surface area (Å²) in [7, 11) is 0. The van der Waals surface area contributed by atoms with E-state index in [9.17, 15) is 4.79 Å². The van der Waals surface area contributed by atoms with Gasteiger partial charge in [-0.1, -0.05) is 76.3 Å². The number of rotatable bonds is 4. The lowest BCUT2D eigenvalue weighted by Crippen LogP contribution is -2.34. The van der Waals surface area contributed by atoms with Crippen LogP contribution >= 0.6 is 0 Å². The Balaban J connectivity index is 2.03. The number of hydrogen-bond donors (Lipinski definition) is 1.